The highest BCUT2D eigenvalue weighted by Gasteiger charge is 2.06. The van der Waals surface area contributed by atoms with Gasteiger partial charge in [0.15, 0.2) is 11.5 Å². The number of rotatable bonds is 6. The molecule has 0 atom stereocenters. The molecule has 0 spiro atoms. The standard InChI is InChI=1S/C17H15ClN4O2/c1-23-17-8-14(9-21-22-11-19-20-12-22)4-7-16(17)24-10-13-2-5-15(18)6-3-13/h2-9,11-12H,10H2,1H3. The molecule has 122 valence electrons. The van der Waals surface area contributed by atoms with Crippen LogP contribution in [0, 0.1) is 0 Å². The summed E-state index contributed by atoms with van der Waals surface area (Å²) in [6, 6.07) is 13.1. The molecule has 0 saturated heterocycles. The fraction of sp³-hybridized carbons (Fsp3) is 0.118. The Bertz CT molecular complexity index is 817. The molecule has 0 aliphatic carbocycles. The monoisotopic (exact) mass is 342 g/mol. The Hall–Kier alpha value is -2.86. The molecule has 6 nitrogen and oxygen atoms in total. The van der Waals surface area contributed by atoms with E-state index in [0.29, 0.717) is 23.1 Å². The van der Waals surface area contributed by atoms with E-state index in [1.54, 1.807) is 13.3 Å². The van der Waals surface area contributed by atoms with E-state index in [1.165, 1.54) is 17.3 Å². The van der Waals surface area contributed by atoms with Gasteiger partial charge in [0.1, 0.15) is 19.3 Å². The fourth-order valence-electron chi connectivity index (χ4n) is 2.01. The largest absolute Gasteiger partial charge is 0.493 e. The van der Waals surface area contributed by atoms with Crippen molar-refractivity contribution in [2.45, 2.75) is 6.61 Å². The molecule has 0 aliphatic heterocycles. The van der Waals surface area contributed by atoms with Crippen molar-refractivity contribution < 1.29 is 9.47 Å². The van der Waals surface area contributed by atoms with E-state index in [1.807, 2.05) is 42.5 Å². The van der Waals surface area contributed by atoms with Gasteiger partial charge in [0.25, 0.3) is 0 Å². The van der Waals surface area contributed by atoms with Gasteiger partial charge in [-0.05, 0) is 41.5 Å². The number of benzene rings is 2. The third-order valence-corrected chi connectivity index (χ3v) is 3.49. The van der Waals surface area contributed by atoms with Crippen molar-refractivity contribution >= 4 is 17.8 Å². The molecular weight excluding hydrogens is 328 g/mol. The minimum atomic E-state index is 0.432. The molecule has 0 N–H and O–H groups in total. The predicted molar refractivity (Wildman–Crippen MR) is 91.8 cm³/mol. The topological polar surface area (TPSA) is 61.5 Å². The van der Waals surface area contributed by atoms with Crippen LogP contribution in [0.5, 0.6) is 11.5 Å². The number of methoxy groups -OCH3 is 1. The Morgan fingerprint density at radius 1 is 1.08 bits per heavy atom. The molecule has 24 heavy (non-hydrogen) atoms. The molecule has 0 unspecified atom stereocenters. The van der Waals surface area contributed by atoms with Gasteiger partial charge < -0.3 is 9.47 Å². The Labute approximate surface area is 144 Å². The quantitative estimate of drug-likeness (QED) is 0.644. The zero-order valence-corrected chi connectivity index (χ0v) is 13.7. The molecule has 2 aromatic carbocycles. The molecule has 7 heteroatoms. The van der Waals surface area contributed by atoms with Crippen LogP contribution in [0.25, 0.3) is 0 Å². The first-order valence-corrected chi connectivity index (χ1v) is 7.56. The molecular formula is C17H15ClN4O2. The summed E-state index contributed by atoms with van der Waals surface area (Å²) < 4.78 is 12.7. The molecule has 3 rings (SSSR count). The number of hydrogen-bond acceptors (Lipinski definition) is 5. The Morgan fingerprint density at radius 2 is 1.83 bits per heavy atom. The van der Waals surface area contributed by atoms with Crippen LogP contribution < -0.4 is 9.47 Å². The summed E-state index contributed by atoms with van der Waals surface area (Å²) in [7, 11) is 1.60. The van der Waals surface area contributed by atoms with Crippen molar-refractivity contribution in [3.63, 3.8) is 0 Å². The second kappa shape index (κ2) is 7.61. The second-order valence-corrected chi connectivity index (χ2v) is 5.35. The van der Waals surface area contributed by atoms with Gasteiger partial charge in [-0.3, -0.25) is 0 Å². The van der Waals surface area contributed by atoms with E-state index in [9.17, 15) is 0 Å². The van der Waals surface area contributed by atoms with Gasteiger partial charge in [0.2, 0.25) is 0 Å². The van der Waals surface area contributed by atoms with Crippen LogP contribution in [-0.2, 0) is 6.61 Å². The van der Waals surface area contributed by atoms with Crippen LogP contribution in [0.2, 0.25) is 5.02 Å². The van der Waals surface area contributed by atoms with E-state index in [2.05, 4.69) is 15.3 Å². The molecule has 0 amide bonds. The highest BCUT2D eigenvalue weighted by atomic mass is 35.5. The highest BCUT2D eigenvalue weighted by Crippen LogP contribution is 2.28. The zero-order valence-electron chi connectivity index (χ0n) is 13.0. The van der Waals surface area contributed by atoms with Gasteiger partial charge in [0.05, 0.1) is 13.3 Å². The first-order valence-electron chi connectivity index (χ1n) is 7.19. The van der Waals surface area contributed by atoms with E-state index < -0.39 is 0 Å². The van der Waals surface area contributed by atoms with Gasteiger partial charge in [-0.25, -0.2) is 4.68 Å². The van der Waals surface area contributed by atoms with Crippen LogP contribution >= 0.6 is 11.6 Å². The maximum absolute atomic E-state index is 5.88. The Balaban J connectivity index is 1.70. The normalized spacial score (nSPS) is 10.9. The maximum Gasteiger partial charge on any atom is 0.161 e. The predicted octanol–water partition coefficient (Wildman–Crippen LogP) is 3.40. The van der Waals surface area contributed by atoms with Crippen molar-refractivity contribution in [2.75, 3.05) is 7.11 Å². The Kier molecular flexibility index (Phi) is 5.08. The van der Waals surface area contributed by atoms with Gasteiger partial charge >= 0.3 is 0 Å². The summed E-state index contributed by atoms with van der Waals surface area (Å²) in [5.74, 6) is 1.30. The van der Waals surface area contributed by atoms with E-state index in [-0.39, 0.29) is 0 Å². The average molecular weight is 343 g/mol. The van der Waals surface area contributed by atoms with Gasteiger partial charge in [-0.15, -0.1) is 10.2 Å². The van der Waals surface area contributed by atoms with E-state index in [0.717, 1.165) is 11.1 Å². The summed E-state index contributed by atoms with van der Waals surface area (Å²) in [5.41, 5.74) is 1.90. The lowest BCUT2D eigenvalue weighted by atomic mass is 10.2. The van der Waals surface area contributed by atoms with Crippen LogP contribution in [0.1, 0.15) is 11.1 Å². The third kappa shape index (κ3) is 4.11. The second-order valence-electron chi connectivity index (χ2n) is 4.91. The van der Waals surface area contributed by atoms with Crippen molar-refractivity contribution in [3.8, 4) is 11.5 Å². The summed E-state index contributed by atoms with van der Waals surface area (Å²) in [4.78, 5) is 0. The Morgan fingerprint density at radius 3 is 2.54 bits per heavy atom. The maximum atomic E-state index is 5.88. The van der Waals surface area contributed by atoms with Crippen molar-refractivity contribution in [1.82, 2.24) is 14.9 Å². The SMILES string of the molecule is COc1cc(C=Nn2cnnc2)ccc1OCc1ccc(Cl)cc1. The van der Waals surface area contributed by atoms with Crippen LogP contribution in [0.15, 0.2) is 60.2 Å². The zero-order chi connectivity index (χ0) is 16.8. The fourth-order valence-corrected chi connectivity index (χ4v) is 2.14. The number of hydrogen-bond donors (Lipinski definition) is 0. The van der Waals surface area contributed by atoms with Crippen LogP contribution in [-0.4, -0.2) is 28.2 Å². The molecule has 0 radical (unpaired) electrons. The molecule has 0 bridgehead atoms. The minimum absolute atomic E-state index is 0.432. The summed E-state index contributed by atoms with van der Waals surface area (Å²) in [5, 5.41) is 12.3. The number of ether oxygens (including phenoxy) is 2. The average Bonchev–Trinajstić information content (AvgIpc) is 3.13. The molecule has 0 saturated carbocycles. The van der Waals surface area contributed by atoms with E-state index >= 15 is 0 Å². The van der Waals surface area contributed by atoms with Crippen LogP contribution in [0.3, 0.4) is 0 Å². The smallest absolute Gasteiger partial charge is 0.161 e. The number of halogens is 1. The van der Waals surface area contributed by atoms with Crippen molar-refractivity contribution in [3.05, 3.63) is 71.3 Å². The van der Waals surface area contributed by atoms with Crippen molar-refractivity contribution in [1.29, 1.82) is 0 Å². The van der Waals surface area contributed by atoms with Gasteiger partial charge in [-0.1, -0.05) is 23.7 Å². The first kappa shape index (κ1) is 16.0. The summed E-state index contributed by atoms with van der Waals surface area (Å²) >= 11 is 5.88. The van der Waals surface area contributed by atoms with E-state index in [4.69, 9.17) is 21.1 Å². The molecule has 1 heterocycles. The molecule has 0 fully saturated rings. The summed E-state index contributed by atoms with van der Waals surface area (Å²) in [6.45, 7) is 0.432. The van der Waals surface area contributed by atoms with Crippen LogP contribution in [0.4, 0.5) is 0 Å². The first-order chi connectivity index (χ1) is 11.7. The van der Waals surface area contributed by atoms with Crippen molar-refractivity contribution in [2.24, 2.45) is 5.10 Å². The number of nitrogens with zero attached hydrogens (tertiary/aromatic N) is 4. The lowest BCUT2D eigenvalue weighted by molar-refractivity contribution is 0.284. The highest BCUT2D eigenvalue weighted by molar-refractivity contribution is 6.30. The minimum Gasteiger partial charge on any atom is -0.493 e. The lowest BCUT2D eigenvalue weighted by Crippen LogP contribution is -1.98. The van der Waals surface area contributed by atoms with Gasteiger partial charge in [-0.2, -0.15) is 5.10 Å². The molecule has 3 aromatic rings. The van der Waals surface area contributed by atoms with Gasteiger partial charge in [0, 0.05) is 5.02 Å². The third-order valence-electron chi connectivity index (χ3n) is 3.24. The molecule has 1 aromatic heterocycles. The summed E-state index contributed by atoms with van der Waals surface area (Å²) in [6.07, 6.45) is 4.71. The molecule has 0 aliphatic rings. The lowest BCUT2D eigenvalue weighted by Gasteiger charge is -2.11. The number of aromatic nitrogens is 3.